The lowest BCUT2D eigenvalue weighted by Gasteiger charge is -2.31. The molecule has 2 aliphatic heterocycles. The van der Waals surface area contributed by atoms with Crippen molar-refractivity contribution in [3.8, 4) is 5.75 Å². The van der Waals surface area contributed by atoms with Crippen molar-refractivity contribution in [1.29, 1.82) is 0 Å². The van der Waals surface area contributed by atoms with Gasteiger partial charge in [0.15, 0.2) is 0 Å². The molecule has 0 saturated carbocycles. The molecule has 0 aromatic heterocycles. The molecular weight excluding hydrogens is 376 g/mol. The molecule has 5 heteroatoms. The number of piperidine rings is 1. The Kier molecular flexibility index (Phi) is 7.38. The number of nitrogens with zero attached hydrogens (tertiary/aromatic N) is 1. The molecular formula is C25H32N2O3. The Morgan fingerprint density at radius 1 is 1.03 bits per heavy atom. The van der Waals surface area contributed by atoms with E-state index in [0.717, 1.165) is 63.4 Å². The maximum atomic E-state index is 12.5. The lowest BCUT2D eigenvalue weighted by molar-refractivity contribution is -0.117. The predicted molar refractivity (Wildman–Crippen MR) is 119 cm³/mol. The van der Waals surface area contributed by atoms with Gasteiger partial charge in [-0.2, -0.15) is 0 Å². The van der Waals surface area contributed by atoms with Crippen LogP contribution in [0.3, 0.4) is 0 Å². The molecule has 2 fully saturated rings. The first-order valence-corrected chi connectivity index (χ1v) is 11.2. The van der Waals surface area contributed by atoms with E-state index in [-0.39, 0.29) is 12.0 Å². The first-order valence-electron chi connectivity index (χ1n) is 11.2. The van der Waals surface area contributed by atoms with Crippen LogP contribution in [0, 0.1) is 5.92 Å². The Bertz CT molecular complexity index is 780. The first-order chi connectivity index (χ1) is 14.7. The second-order valence-corrected chi connectivity index (χ2v) is 8.43. The van der Waals surface area contributed by atoms with Crippen molar-refractivity contribution in [3.63, 3.8) is 0 Å². The van der Waals surface area contributed by atoms with Crippen molar-refractivity contribution < 1.29 is 14.3 Å². The van der Waals surface area contributed by atoms with Crippen LogP contribution in [-0.2, 0) is 16.1 Å². The van der Waals surface area contributed by atoms with Crippen molar-refractivity contribution >= 4 is 11.6 Å². The molecule has 2 heterocycles. The van der Waals surface area contributed by atoms with Gasteiger partial charge in [0.1, 0.15) is 12.4 Å². The number of amides is 1. The van der Waals surface area contributed by atoms with Crippen LogP contribution in [0.15, 0.2) is 54.6 Å². The number of anilines is 1. The van der Waals surface area contributed by atoms with Crippen molar-refractivity contribution in [1.82, 2.24) is 4.90 Å². The molecule has 1 atom stereocenters. The maximum Gasteiger partial charge on any atom is 0.224 e. The van der Waals surface area contributed by atoms with E-state index in [2.05, 4.69) is 40.5 Å². The molecule has 0 aliphatic carbocycles. The van der Waals surface area contributed by atoms with Crippen LogP contribution in [0.25, 0.3) is 0 Å². The van der Waals surface area contributed by atoms with Crippen LogP contribution >= 0.6 is 0 Å². The highest BCUT2D eigenvalue weighted by molar-refractivity contribution is 5.90. The summed E-state index contributed by atoms with van der Waals surface area (Å²) in [6, 6.07) is 18.2. The largest absolute Gasteiger partial charge is 0.491 e. The fourth-order valence-corrected chi connectivity index (χ4v) is 4.26. The maximum absolute atomic E-state index is 12.5. The summed E-state index contributed by atoms with van der Waals surface area (Å²) in [6.45, 7) is 4.55. The summed E-state index contributed by atoms with van der Waals surface area (Å²) in [5.74, 6) is 1.38. The average molecular weight is 409 g/mol. The second kappa shape index (κ2) is 10.6. The van der Waals surface area contributed by atoms with E-state index in [4.69, 9.17) is 9.47 Å². The van der Waals surface area contributed by atoms with Crippen LogP contribution in [0.5, 0.6) is 5.75 Å². The number of carbonyl (C=O) groups excluding carboxylic acids is 1. The average Bonchev–Trinajstić information content (AvgIpc) is 3.29. The highest BCUT2D eigenvalue weighted by atomic mass is 16.5. The third-order valence-electron chi connectivity index (χ3n) is 6.03. The summed E-state index contributed by atoms with van der Waals surface area (Å²) in [4.78, 5) is 15.0. The minimum Gasteiger partial charge on any atom is -0.491 e. The van der Waals surface area contributed by atoms with Gasteiger partial charge in [-0.15, -0.1) is 0 Å². The molecule has 2 saturated heterocycles. The number of nitrogens with one attached hydrogen (secondary N) is 1. The van der Waals surface area contributed by atoms with E-state index in [9.17, 15) is 4.79 Å². The lowest BCUT2D eigenvalue weighted by Crippen LogP contribution is -2.34. The summed E-state index contributed by atoms with van der Waals surface area (Å²) >= 11 is 0. The molecule has 0 bridgehead atoms. The van der Waals surface area contributed by atoms with Gasteiger partial charge in [-0.1, -0.05) is 30.3 Å². The lowest BCUT2D eigenvalue weighted by atomic mass is 9.93. The van der Waals surface area contributed by atoms with E-state index in [1.807, 2.05) is 24.3 Å². The smallest absolute Gasteiger partial charge is 0.224 e. The SMILES string of the molecule is O=C(CC1CCN(Cc2ccccc2)CC1)Nc1ccc(OCC2CCCO2)cc1. The van der Waals surface area contributed by atoms with Gasteiger partial charge in [-0.25, -0.2) is 0 Å². The number of carbonyl (C=O) groups is 1. The molecule has 160 valence electrons. The van der Waals surface area contributed by atoms with E-state index >= 15 is 0 Å². The molecule has 5 nitrogen and oxygen atoms in total. The van der Waals surface area contributed by atoms with Gasteiger partial charge in [0, 0.05) is 25.3 Å². The van der Waals surface area contributed by atoms with Crippen molar-refractivity contribution in [2.75, 3.05) is 31.6 Å². The highest BCUT2D eigenvalue weighted by Gasteiger charge is 2.21. The molecule has 2 aromatic rings. The fraction of sp³-hybridized carbons (Fsp3) is 0.480. The summed E-state index contributed by atoms with van der Waals surface area (Å²) in [7, 11) is 0. The summed E-state index contributed by atoms with van der Waals surface area (Å²) in [6.07, 6.45) is 5.15. The van der Waals surface area contributed by atoms with Gasteiger partial charge in [-0.3, -0.25) is 9.69 Å². The Morgan fingerprint density at radius 3 is 2.50 bits per heavy atom. The molecule has 1 N–H and O–H groups in total. The zero-order valence-electron chi connectivity index (χ0n) is 17.6. The Labute approximate surface area is 179 Å². The van der Waals surface area contributed by atoms with Gasteiger partial charge in [0.05, 0.1) is 6.10 Å². The van der Waals surface area contributed by atoms with Crippen molar-refractivity contribution in [2.24, 2.45) is 5.92 Å². The monoisotopic (exact) mass is 408 g/mol. The minimum atomic E-state index is 0.101. The molecule has 1 unspecified atom stereocenters. The van der Waals surface area contributed by atoms with E-state index in [1.165, 1.54) is 5.56 Å². The standard InChI is InChI=1S/C25H32N2O3/c28-25(17-20-12-14-27(15-13-20)18-21-5-2-1-3-6-21)26-22-8-10-23(11-9-22)30-19-24-7-4-16-29-24/h1-3,5-6,8-11,20,24H,4,7,12-19H2,(H,26,28). The third kappa shape index (κ3) is 6.31. The Balaban J connectivity index is 1.16. The normalized spacial score (nSPS) is 20.2. The Hall–Kier alpha value is -2.37. The van der Waals surface area contributed by atoms with Gasteiger partial charge in [0.2, 0.25) is 5.91 Å². The number of ether oxygens (including phenoxy) is 2. The molecule has 30 heavy (non-hydrogen) atoms. The van der Waals surface area contributed by atoms with Gasteiger partial charge in [-0.05, 0) is 74.5 Å². The first kappa shape index (κ1) is 20.9. The highest BCUT2D eigenvalue weighted by Crippen LogP contribution is 2.23. The zero-order chi connectivity index (χ0) is 20.6. The summed E-state index contributed by atoms with van der Waals surface area (Å²) in [5.41, 5.74) is 2.18. The molecule has 2 aromatic carbocycles. The van der Waals surface area contributed by atoms with Gasteiger partial charge < -0.3 is 14.8 Å². The number of benzene rings is 2. The number of hydrogen-bond donors (Lipinski definition) is 1. The van der Waals surface area contributed by atoms with Crippen LogP contribution in [-0.4, -0.2) is 43.2 Å². The topological polar surface area (TPSA) is 50.8 Å². The van der Waals surface area contributed by atoms with Crippen LogP contribution in [0.4, 0.5) is 5.69 Å². The molecule has 0 radical (unpaired) electrons. The second-order valence-electron chi connectivity index (χ2n) is 8.43. The summed E-state index contributed by atoms with van der Waals surface area (Å²) in [5, 5.41) is 3.03. The predicted octanol–water partition coefficient (Wildman–Crippen LogP) is 4.49. The van der Waals surface area contributed by atoms with Crippen LogP contribution in [0.2, 0.25) is 0 Å². The molecule has 4 rings (SSSR count). The van der Waals surface area contributed by atoms with Crippen molar-refractivity contribution in [3.05, 3.63) is 60.2 Å². The van der Waals surface area contributed by atoms with Gasteiger partial charge in [0.25, 0.3) is 0 Å². The van der Waals surface area contributed by atoms with E-state index in [1.54, 1.807) is 0 Å². The number of likely N-dealkylation sites (tertiary alicyclic amines) is 1. The number of hydrogen-bond acceptors (Lipinski definition) is 4. The number of rotatable bonds is 8. The minimum absolute atomic E-state index is 0.101. The molecule has 0 spiro atoms. The van der Waals surface area contributed by atoms with Crippen LogP contribution < -0.4 is 10.1 Å². The quantitative estimate of drug-likeness (QED) is 0.699. The fourth-order valence-electron chi connectivity index (χ4n) is 4.26. The molecule has 2 aliphatic rings. The van der Waals surface area contributed by atoms with Crippen molar-refractivity contribution in [2.45, 2.75) is 44.8 Å². The van der Waals surface area contributed by atoms with E-state index in [0.29, 0.717) is 18.9 Å². The third-order valence-corrected chi connectivity index (χ3v) is 6.03. The van der Waals surface area contributed by atoms with Gasteiger partial charge >= 0.3 is 0 Å². The van der Waals surface area contributed by atoms with Crippen LogP contribution in [0.1, 0.15) is 37.7 Å². The molecule has 1 amide bonds. The van der Waals surface area contributed by atoms with E-state index < -0.39 is 0 Å². The summed E-state index contributed by atoms with van der Waals surface area (Å²) < 4.78 is 11.4. The Morgan fingerprint density at radius 2 is 1.80 bits per heavy atom. The zero-order valence-corrected chi connectivity index (χ0v) is 17.6.